The van der Waals surface area contributed by atoms with Crippen LogP contribution in [0.2, 0.25) is 0 Å². The van der Waals surface area contributed by atoms with E-state index >= 15 is 0 Å². The summed E-state index contributed by atoms with van der Waals surface area (Å²) in [6.07, 6.45) is -1.52. The van der Waals surface area contributed by atoms with Crippen LogP contribution in [-0.4, -0.2) is 12.4 Å². The van der Waals surface area contributed by atoms with Gasteiger partial charge in [0.1, 0.15) is 23.9 Å². The number of hydrogen-bond donors (Lipinski definition) is 0. The third-order valence-electron chi connectivity index (χ3n) is 4.86. The Bertz CT molecular complexity index is 802. The summed E-state index contributed by atoms with van der Waals surface area (Å²) in [5.41, 5.74) is 2.24. The summed E-state index contributed by atoms with van der Waals surface area (Å²) in [5.74, 6) is 0.551. The Morgan fingerprint density at radius 2 is 1.75 bits per heavy atom. The van der Waals surface area contributed by atoms with E-state index in [0.29, 0.717) is 25.2 Å². The maximum Gasteiger partial charge on any atom is 0.267 e. The molecule has 0 aromatic heterocycles. The molecule has 3 nitrogen and oxygen atoms in total. The Hall–Kier alpha value is -2.43. The first kappa shape index (κ1) is 21.9. The Morgan fingerprint density at radius 1 is 1.00 bits per heavy atom. The summed E-state index contributed by atoms with van der Waals surface area (Å²) in [6, 6.07) is 10.4. The van der Waals surface area contributed by atoms with Crippen molar-refractivity contribution in [3.63, 3.8) is 0 Å². The van der Waals surface area contributed by atoms with Gasteiger partial charge in [0.05, 0.1) is 12.2 Å². The van der Waals surface area contributed by atoms with Crippen molar-refractivity contribution in [2.75, 3.05) is 6.61 Å². The van der Waals surface area contributed by atoms with Crippen LogP contribution in [0, 0.1) is 0 Å². The number of ketones is 1. The number of carbonyl (C=O) groups excluding carboxylic acids is 1. The van der Waals surface area contributed by atoms with Crippen molar-refractivity contribution in [3.8, 4) is 11.5 Å². The lowest BCUT2D eigenvalue weighted by atomic mass is 9.91. The zero-order chi connectivity index (χ0) is 20.7. The van der Waals surface area contributed by atoms with Gasteiger partial charge < -0.3 is 9.47 Å². The number of aryl methyl sites for hydroxylation is 1. The van der Waals surface area contributed by atoms with Gasteiger partial charge in [-0.1, -0.05) is 39.0 Å². The second-order valence-corrected chi connectivity index (χ2v) is 6.61. The molecule has 0 aliphatic carbocycles. The molecule has 0 fully saturated rings. The third kappa shape index (κ3) is 5.09. The van der Waals surface area contributed by atoms with E-state index in [-0.39, 0.29) is 29.6 Å². The van der Waals surface area contributed by atoms with Gasteiger partial charge in [-0.2, -0.15) is 0 Å². The van der Waals surface area contributed by atoms with E-state index < -0.39 is 6.43 Å². The van der Waals surface area contributed by atoms with Crippen LogP contribution in [0.3, 0.4) is 0 Å². The molecule has 0 radical (unpaired) electrons. The zero-order valence-corrected chi connectivity index (χ0v) is 16.9. The fourth-order valence-electron chi connectivity index (χ4n) is 3.18. The summed E-state index contributed by atoms with van der Waals surface area (Å²) in [6.45, 7) is 7.98. The predicted octanol–water partition coefficient (Wildman–Crippen LogP) is 6.25. The van der Waals surface area contributed by atoms with Crippen LogP contribution in [0.1, 0.15) is 68.7 Å². The minimum atomic E-state index is -2.62. The number of ether oxygens (including phenoxy) is 2. The molecular formula is C23H28F2O3. The molecule has 0 spiro atoms. The molecule has 1 unspecified atom stereocenters. The Kier molecular flexibility index (Phi) is 7.97. The average molecular weight is 390 g/mol. The molecule has 2 aromatic carbocycles. The number of carbonyl (C=O) groups is 1. The first-order chi connectivity index (χ1) is 13.4. The second-order valence-electron chi connectivity index (χ2n) is 6.61. The molecular weight excluding hydrogens is 362 g/mol. The molecule has 2 aromatic rings. The number of rotatable bonds is 10. The molecule has 152 valence electrons. The highest BCUT2D eigenvalue weighted by atomic mass is 19.3. The van der Waals surface area contributed by atoms with Crippen molar-refractivity contribution in [1.29, 1.82) is 0 Å². The molecule has 0 bridgehead atoms. The van der Waals surface area contributed by atoms with E-state index in [2.05, 4.69) is 0 Å². The van der Waals surface area contributed by atoms with Crippen molar-refractivity contribution < 1.29 is 23.0 Å². The SMILES string of the molecule is CCOc1cccc(C(C)C(=O)CC)c1COc1ccc(CC)cc1C(F)F. The summed E-state index contributed by atoms with van der Waals surface area (Å²) >= 11 is 0. The molecule has 0 saturated heterocycles. The molecule has 0 heterocycles. The van der Waals surface area contributed by atoms with E-state index in [1.165, 1.54) is 6.07 Å². The highest BCUT2D eigenvalue weighted by Gasteiger charge is 2.21. The number of halogens is 2. The van der Waals surface area contributed by atoms with E-state index in [9.17, 15) is 13.6 Å². The van der Waals surface area contributed by atoms with Crippen LogP contribution < -0.4 is 9.47 Å². The van der Waals surface area contributed by atoms with Gasteiger partial charge in [0, 0.05) is 17.9 Å². The quantitative estimate of drug-likeness (QED) is 0.481. The van der Waals surface area contributed by atoms with Gasteiger partial charge in [-0.05, 0) is 42.7 Å². The normalized spacial score (nSPS) is 12.1. The van der Waals surface area contributed by atoms with Crippen molar-refractivity contribution in [2.45, 2.75) is 59.5 Å². The lowest BCUT2D eigenvalue weighted by Gasteiger charge is -2.20. The van der Waals surface area contributed by atoms with Crippen LogP contribution >= 0.6 is 0 Å². The van der Waals surface area contributed by atoms with Gasteiger partial charge in [0.2, 0.25) is 0 Å². The van der Waals surface area contributed by atoms with Gasteiger partial charge in [0.25, 0.3) is 6.43 Å². The maximum atomic E-state index is 13.5. The zero-order valence-electron chi connectivity index (χ0n) is 16.9. The van der Waals surface area contributed by atoms with Gasteiger partial charge in [-0.25, -0.2) is 8.78 Å². The van der Waals surface area contributed by atoms with Crippen molar-refractivity contribution >= 4 is 5.78 Å². The molecule has 0 aliphatic heterocycles. The minimum absolute atomic E-state index is 0.0536. The Labute approximate surface area is 165 Å². The lowest BCUT2D eigenvalue weighted by molar-refractivity contribution is -0.119. The number of alkyl halides is 2. The summed E-state index contributed by atoms with van der Waals surface area (Å²) in [7, 11) is 0. The standard InChI is InChI=1S/C23H28F2O3/c1-5-16-11-12-22(18(13-16)23(24)25)28-14-19-17(15(4)20(26)6-2)9-8-10-21(19)27-7-3/h8-13,15,23H,5-7,14H2,1-4H3. The first-order valence-electron chi connectivity index (χ1n) is 9.73. The molecule has 0 amide bonds. The first-order valence-corrected chi connectivity index (χ1v) is 9.73. The average Bonchev–Trinajstić information content (AvgIpc) is 2.71. The van der Waals surface area contributed by atoms with Gasteiger partial charge >= 0.3 is 0 Å². The van der Waals surface area contributed by atoms with Crippen molar-refractivity contribution in [2.24, 2.45) is 0 Å². The van der Waals surface area contributed by atoms with Crippen LogP contribution in [0.5, 0.6) is 11.5 Å². The smallest absolute Gasteiger partial charge is 0.267 e. The van der Waals surface area contributed by atoms with Crippen molar-refractivity contribution in [3.05, 3.63) is 58.7 Å². The van der Waals surface area contributed by atoms with E-state index in [1.807, 2.05) is 45.9 Å². The molecule has 0 N–H and O–H groups in total. The number of hydrogen-bond acceptors (Lipinski definition) is 3. The lowest BCUT2D eigenvalue weighted by Crippen LogP contribution is -2.13. The number of Topliss-reactive ketones (excluding diaryl/α,β-unsaturated/α-hetero) is 1. The summed E-state index contributed by atoms with van der Waals surface area (Å²) in [4.78, 5) is 12.2. The largest absolute Gasteiger partial charge is 0.493 e. The molecule has 2 rings (SSSR count). The summed E-state index contributed by atoms with van der Waals surface area (Å²) < 4.78 is 38.5. The third-order valence-corrected chi connectivity index (χ3v) is 4.86. The van der Waals surface area contributed by atoms with Gasteiger partial charge in [-0.3, -0.25) is 4.79 Å². The Morgan fingerprint density at radius 3 is 2.36 bits per heavy atom. The van der Waals surface area contributed by atoms with Crippen LogP contribution in [0.25, 0.3) is 0 Å². The number of benzene rings is 2. The van der Waals surface area contributed by atoms with Crippen LogP contribution in [0.15, 0.2) is 36.4 Å². The topological polar surface area (TPSA) is 35.5 Å². The van der Waals surface area contributed by atoms with E-state index in [0.717, 1.165) is 16.7 Å². The Balaban J connectivity index is 2.39. The van der Waals surface area contributed by atoms with Gasteiger partial charge in [-0.15, -0.1) is 0 Å². The fourth-order valence-corrected chi connectivity index (χ4v) is 3.18. The summed E-state index contributed by atoms with van der Waals surface area (Å²) in [5, 5.41) is 0. The highest BCUT2D eigenvalue weighted by molar-refractivity contribution is 5.85. The second kappa shape index (κ2) is 10.2. The fraction of sp³-hybridized carbons (Fsp3) is 0.435. The molecule has 0 saturated carbocycles. The minimum Gasteiger partial charge on any atom is -0.493 e. The van der Waals surface area contributed by atoms with E-state index in [1.54, 1.807) is 12.1 Å². The maximum absolute atomic E-state index is 13.5. The van der Waals surface area contributed by atoms with E-state index in [4.69, 9.17) is 9.47 Å². The van der Waals surface area contributed by atoms with Crippen molar-refractivity contribution in [1.82, 2.24) is 0 Å². The molecule has 1 atom stereocenters. The van der Waals surface area contributed by atoms with Crippen LogP contribution in [0.4, 0.5) is 8.78 Å². The monoisotopic (exact) mass is 390 g/mol. The molecule has 5 heteroatoms. The van der Waals surface area contributed by atoms with Crippen LogP contribution in [-0.2, 0) is 17.8 Å². The highest BCUT2D eigenvalue weighted by Crippen LogP contribution is 2.34. The molecule has 28 heavy (non-hydrogen) atoms. The van der Waals surface area contributed by atoms with Gasteiger partial charge in [0.15, 0.2) is 0 Å². The molecule has 0 aliphatic rings. The predicted molar refractivity (Wildman–Crippen MR) is 106 cm³/mol.